The second kappa shape index (κ2) is 2.57. The van der Waals surface area contributed by atoms with Gasteiger partial charge in [-0.2, -0.15) is 5.10 Å². The van der Waals surface area contributed by atoms with E-state index in [0.717, 1.165) is 30.5 Å². The lowest BCUT2D eigenvalue weighted by Gasteiger charge is -2.30. The minimum absolute atomic E-state index is 0.277. The van der Waals surface area contributed by atoms with Gasteiger partial charge in [-0.3, -0.25) is 5.10 Å². The highest BCUT2D eigenvalue weighted by molar-refractivity contribution is 5.27. The van der Waals surface area contributed by atoms with E-state index in [9.17, 15) is 5.11 Å². The fourth-order valence-corrected chi connectivity index (χ4v) is 1.81. The molecule has 1 aromatic heterocycles. The summed E-state index contributed by atoms with van der Waals surface area (Å²) in [6, 6.07) is 0. The van der Waals surface area contributed by atoms with Crippen molar-refractivity contribution in [2.24, 2.45) is 5.73 Å². The first kappa shape index (κ1) is 7.76. The quantitative estimate of drug-likeness (QED) is 0.546. The van der Waals surface area contributed by atoms with Crippen LogP contribution in [0.5, 0.6) is 0 Å². The lowest BCUT2D eigenvalue weighted by atomic mass is 9.83. The van der Waals surface area contributed by atoms with Crippen LogP contribution in [0, 0.1) is 0 Å². The molecule has 0 bridgehead atoms. The molecule has 0 radical (unpaired) electrons. The third-order valence-electron chi connectivity index (χ3n) is 2.57. The van der Waals surface area contributed by atoms with Gasteiger partial charge in [0.25, 0.3) is 0 Å². The first-order valence-electron chi connectivity index (χ1n) is 4.21. The maximum atomic E-state index is 10.0. The molecule has 0 fully saturated rings. The Hall–Kier alpha value is -0.870. The molecule has 1 heterocycles. The highest BCUT2D eigenvalue weighted by Gasteiger charge is 2.34. The highest BCUT2D eigenvalue weighted by Crippen LogP contribution is 2.32. The largest absolute Gasteiger partial charge is 0.384 e. The minimum atomic E-state index is -0.833. The normalized spacial score (nSPS) is 28.5. The van der Waals surface area contributed by atoms with E-state index in [1.165, 1.54) is 0 Å². The Morgan fingerprint density at radius 1 is 1.75 bits per heavy atom. The van der Waals surface area contributed by atoms with E-state index in [1.807, 2.05) is 0 Å². The summed E-state index contributed by atoms with van der Waals surface area (Å²) in [7, 11) is 0. The van der Waals surface area contributed by atoms with E-state index < -0.39 is 5.60 Å². The Balaban J connectivity index is 2.44. The lowest BCUT2D eigenvalue weighted by Crippen LogP contribution is -2.37. The van der Waals surface area contributed by atoms with Gasteiger partial charge in [-0.15, -0.1) is 0 Å². The van der Waals surface area contributed by atoms with Gasteiger partial charge in [-0.25, -0.2) is 0 Å². The standard InChI is InChI=1S/C8H13N3O/c9-5-8(12)3-1-2-7-6(8)4-10-11-7/h4,12H,1-3,5,9H2,(H,10,11). The molecule has 0 aromatic carbocycles. The summed E-state index contributed by atoms with van der Waals surface area (Å²) in [5, 5.41) is 16.8. The maximum Gasteiger partial charge on any atom is 0.105 e. The SMILES string of the molecule is NCC1(O)CCCc2[nH]ncc21. The number of nitrogens with two attached hydrogens (primary N) is 1. The van der Waals surface area contributed by atoms with Crippen molar-refractivity contribution in [2.75, 3.05) is 6.54 Å². The predicted octanol–water partition coefficient (Wildman–Crippen LogP) is -0.108. The van der Waals surface area contributed by atoms with E-state index in [4.69, 9.17) is 5.73 Å². The van der Waals surface area contributed by atoms with E-state index in [-0.39, 0.29) is 6.54 Å². The van der Waals surface area contributed by atoms with Gasteiger partial charge < -0.3 is 10.8 Å². The summed E-state index contributed by atoms with van der Waals surface area (Å²) >= 11 is 0. The Morgan fingerprint density at radius 2 is 2.58 bits per heavy atom. The van der Waals surface area contributed by atoms with Crippen LogP contribution in [-0.4, -0.2) is 21.8 Å². The van der Waals surface area contributed by atoms with Crippen molar-refractivity contribution in [3.05, 3.63) is 17.5 Å². The van der Waals surface area contributed by atoms with Gasteiger partial charge in [0.05, 0.1) is 6.20 Å². The predicted molar refractivity (Wildman–Crippen MR) is 44.5 cm³/mol. The molecule has 0 amide bonds. The summed E-state index contributed by atoms with van der Waals surface area (Å²) in [6.07, 6.45) is 4.37. The number of aliphatic hydroxyl groups is 1. The molecule has 4 N–H and O–H groups in total. The van der Waals surface area contributed by atoms with Crippen LogP contribution in [-0.2, 0) is 12.0 Å². The van der Waals surface area contributed by atoms with E-state index >= 15 is 0 Å². The van der Waals surface area contributed by atoms with Crippen molar-refractivity contribution in [3.8, 4) is 0 Å². The van der Waals surface area contributed by atoms with Crippen LogP contribution in [0.4, 0.5) is 0 Å². The van der Waals surface area contributed by atoms with Crippen LogP contribution in [0.1, 0.15) is 24.1 Å². The molecular weight excluding hydrogens is 154 g/mol. The fraction of sp³-hybridized carbons (Fsp3) is 0.625. The molecule has 0 saturated heterocycles. The average Bonchev–Trinajstić information content (AvgIpc) is 2.54. The number of nitrogens with one attached hydrogen (secondary N) is 1. The highest BCUT2D eigenvalue weighted by atomic mass is 16.3. The van der Waals surface area contributed by atoms with Gasteiger partial charge in [-0.05, 0) is 19.3 Å². The van der Waals surface area contributed by atoms with Crippen molar-refractivity contribution in [2.45, 2.75) is 24.9 Å². The Morgan fingerprint density at radius 3 is 3.33 bits per heavy atom. The Kier molecular flexibility index (Phi) is 1.66. The zero-order chi connectivity index (χ0) is 8.60. The first-order chi connectivity index (χ1) is 5.76. The molecular formula is C8H13N3O. The van der Waals surface area contributed by atoms with Crippen molar-refractivity contribution in [3.63, 3.8) is 0 Å². The third-order valence-corrected chi connectivity index (χ3v) is 2.57. The number of aromatic nitrogens is 2. The monoisotopic (exact) mass is 167 g/mol. The molecule has 1 aliphatic rings. The van der Waals surface area contributed by atoms with Gasteiger partial charge in [0.15, 0.2) is 0 Å². The number of aromatic amines is 1. The zero-order valence-electron chi connectivity index (χ0n) is 6.88. The van der Waals surface area contributed by atoms with Gasteiger partial charge in [0.2, 0.25) is 0 Å². The van der Waals surface area contributed by atoms with Gasteiger partial charge in [-0.1, -0.05) is 0 Å². The van der Waals surface area contributed by atoms with Crippen molar-refractivity contribution in [1.29, 1.82) is 0 Å². The summed E-state index contributed by atoms with van der Waals surface area (Å²) in [4.78, 5) is 0. The smallest absolute Gasteiger partial charge is 0.105 e. The van der Waals surface area contributed by atoms with Crippen LogP contribution in [0.3, 0.4) is 0 Å². The number of rotatable bonds is 1. The first-order valence-corrected chi connectivity index (χ1v) is 4.21. The van der Waals surface area contributed by atoms with E-state index in [2.05, 4.69) is 10.2 Å². The van der Waals surface area contributed by atoms with Crippen molar-refractivity contribution < 1.29 is 5.11 Å². The number of nitrogens with zero attached hydrogens (tertiary/aromatic N) is 1. The van der Waals surface area contributed by atoms with E-state index in [1.54, 1.807) is 6.20 Å². The fourth-order valence-electron chi connectivity index (χ4n) is 1.81. The molecule has 1 aliphatic carbocycles. The number of hydrogen-bond donors (Lipinski definition) is 3. The molecule has 0 saturated carbocycles. The van der Waals surface area contributed by atoms with Crippen molar-refractivity contribution >= 4 is 0 Å². The summed E-state index contributed by atoms with van der Waals surface area (Å²) in [5.74, 6) is 0. The zero-order valence-corrected chi connectivity index (χ0v) is 6.88. The van der Waals surface area contributed by atoms with Gasteiger partial charge in [0, 0.05) is 17.8 Å². The number of fused-ring (bicyclic) bond motifs is 1. The number of hydrogen-bond acceptors (Lipinski definition) is 3. The molecule has 4 nitrogen and oxygen atoms in total. The summed E-state index contributed by atoms with van der Waals surface area (Å²) in [5.41, 5.74) is 6.61. The van der Waals surface area contributed by atoms with Gasteiger partial charge in [0.1, 0.15) is 5.60 Å². The van der Waals surface area contributed by atoms with E-state index in [0.29, 0.717) is 0 Å². The van der Waals surface area contributed by atoms with Crippen LogP contribution >= 0.6 is 0 Å². The second-order valence-corrected chi connectivity index (χ2v) is 3.35. The molecule has 0 spiro atoms. The van der Waals surface area contributed by atoms with Crippen LogP contribution < -0.4 is 5.73 Å². The van der Waals surface area contributed by atoms with Crippen LogP contribution in [0.25, 0.3) is 0 Å². The molecule has 4 heteroatoms. The van der Waals surface area contributed by atoms with Crippen LogP contribution in [0.2, 0.25) is 0 Å². The molecule has 0 aliphatic heterocycles. The molecule has 1 atom stereocenters. The summed E-state index contributed by atoms with van der Waals surface area (Å²) in [6.45, 7) is 0.277. The van der Waals surface area contributed by atoms with Gasteiger partial charge >= 0.3 is 0 Å². The Bertz CT molecular complexity index is 284. The maximum absolute atomic E-state index is 10.0. The molecule has 1 unspecified atom stereocenters. The Labute approximate surface area is 70.8 Å². The molecule has 12 heavy (non-hydrogen) atoms. The lowest BCUT2D eigenvalue weighted by molar-refractivity contribution is 0.0279. The topological polar surface area (TPSA) is 74.9 Å². The summed E-state index contributed by atoms with van der Waals surface area (Å²) < 4.78 is 0. The minimum Gasteiger partial charge on any atom is -0.384 e. The molecule has 1 aromatic rings. The average molecular weight is 167 g/mol. The third kappa shape index (κ3) is 0.956. The van der Waals surface area contributed by atoms with Crippen molar-refractivity contribution in [1.82, 2.24) is 10.2 Å². The second-order valence-electron chi connectivity index (χ2n) is 3.35. The molecule has 2 rings (SSSR count). The molecule has 66 valence electrons. The number of H-pyrrole nitrogens is 1. The number of aryl methyl sites for hydroxylation is 1. The van der Waals surface area contributed by atoms with Crippen LogP contribution in [0.15, 0.2) is 6.20 Å².